The second-order valence-corrected chi connectivity index (χ2v) is 10.9. The van der Waals surface area contributed by atoms with Crippen LogP contribution >= 0.6 is 0 Å². The maximum Gasteiger partial charge on any atom is 0.159 e. The summed E-state index contributed by atoms with van der Waals surface area (Å²) in [5.41, 5.74) is 6.77. The number of halogens is 4. The highest BCUT2D eigenvalue weighted by atomic mass is 19.2. The van der Waals surface area contributed by atoms with E-state index in [1.165, 1.54) is 12.1 Å². The van der Waals surface area contributed by atoms with Crippen molar-refractivity contribution >= 4 is 23.5 Å². The molecule has 0 atom stereocenters. The monoisotopic (exact) mass is 601 g/mol. The molecule has 7 heteroatoms. The second kappa shape index (κ2) is 14.9. The first kappa shape index (κ1) is 32.6. The highest BCUT2D eigenvalue weighted by Gasteiger charge is 2.25. The molecule has 3 aromatic carbocycles. The first-order chi connectivity index (χ1) is 21.1. The van der Waals surface area contributed by atoms with Crippen LogP contribution in [0.3, 0.4) is 0 Å². The van der Waals surface area contributed by atoms with E-state index in [0.29, 0.717) is 35.2 Å². The van der Waals surface area contributed by atoms with Crippen molar-refractivity contribution in [2.45, 2.75) is 32.7 Å². The van der Waals surface area contributed by atoms with Crippen LogP contribution in [0.5, 0.6) is 0 Å². The van der Waals surface area contributed by atoms with Crippen LogP contribution in [-0.2, 0) is 0 Å². The summed E-state index contributed by atoms with van der Waals surface area (Å²) >= 11 is 0. The molecule has 3 aromatic rings. The SMILES string of the molecule is C=C1/C(=C/c2ccc(F)c(F)c2)CC(NC(=C)c2ccc(C(=C)NCCN(CC)CC)cc2)C/C1=C\c1ccc(F)c(F)c1. The lowest BCUT2D eigenvalue weighted by Crippen LogP contribution is -2.32. The van der Waals surface area contributed by atoms with Gasteiger partial charge in [0.05, 0.1) is 0 Å². The predicted octanol–water partition coefficient (Wildman–Crippen LogP) is 8.59. The summed E-state index contributed by atoms with van der Waals surface area (Å²) in [5, 5.41) is 6.90. The maximum atomic E-state index is 14.0. The number of hydrogen-bond acceptors (Lipinski definition) is 3. The third-order valence-corrected chi connectivity index (χ3v) is 7.90. The van der Waals surface area contributed by atoms with Gasteiger partial charge < -0.3 is 15.5 Å². The normalized spacial score (nSPS) is 16.9. The van der Waals surface area contributed by atoms with Gasteiger partial charge in [-0.2, -0.15) is 0 Å². The number of allylic oxidation sites excluding steroid dienone is 1. The lowest BCUT2D eigenvalue weighted by Gasteiger charge is -2.31. The van der Waals surface area contributed by atoms with Gasteiger partial charge in [-0.1, -0.05) is 82.1 Å². The fourth-order valence-corrected chi connectivity index (χ4v) is 5.27. The standard InChI is InChI=1S/C37H39F4N3/c1-6-44(7-2)17-16-42-25(4)29-10-12-30(13-11-29)26(5)43-33-22-31(18-27-8-14-34(38)36(40)20-27)24(3)32(23-33)19-28-9-15-35(39)37(41)21-28/h8-15,18-21,33,42-43H,3-7,16-17,22-23H2,1-2H3/b31-18+,32-19+. The molecule has 0 aliphatic heterocycles. The number of benzene rings is 3. The zero-order chi connectivity index (χ0) is 31.8. The van der Waals surface area contributed by atoms with Crippen molar-refractivity contribution in [1.82, 2.24) is 15.5 Å². The van der Waals surface area contributed by atoms with Crippen LogP contribution in [0.15, 0.2) is 97.1 Å². The fraction of sp³-hybridized carbons (Fsp3) is 0.243. The van der Waals surface area contributed by atoms with Gasteiger partial charge in [0.25, 0.3) is 0 Å². The maximum absolute atomic E-state index is 14.0. The van der Waals surface area contributed by atoms with Gasteiger partial charge in [-0.05, 0) is 89.2 Å². The smallest absolute Gasteiger partial charge is 0.159 e. The minimum atomic E-state index is -0.938. The molecule has 3 nitrogen and oxygen atoms in total. The quantitative estimate of drug-likeness (QED) is 0.204. The summed E-state index contributed by atoms with van der Waals surface area (Å²) in [7, 11) is 0. The highest BCUT2D eigenvalue weighted by molar-refractivity contribution is 5.71. The van der Waals surface area contributed by atoms with E-state index in [4.69, 9.17) is 0 Å². The zero-order valence-electron chi connectivity index (χ0n) is 25.3. The van der Waals surface area contributed by atoms with Gasteiger partial charge in [0.1, 0.15) is 0 Å². The molecule has 1 saturated carbocycles. The topological polar surface area (TPSA) is 27.3 Å². The Balaban J connectivity index is 1.52. The summed E-state index contributed by atoms with van der Waals surface area (Å²) in [6.45, 7) is 20.8. The summed E-state index contributed by atoms with van der Waals surface area (Å²) in [4.78, 5) is 2.34. The molecule has 230 valence electrons. The van der Waals surface area contributed by atoms with Crippen molar-refractivity contribution < 1.29 is 17.6 Å². The van der Waals surface area contributed by atoms with Crippen LogP contribution in [0.25, 0.3) is 23.5 Å². The molecule has 1 aliphatic rings. The molecule has 1 aliphatic carbocycles. The van der Waals surface area contributed by atoms with Crippen LogP contribution in [-0.4, -0.2) is 37.1 Å². The zero-order valence-corrected chi connectivity index (χ0v) is 25.3. The number of likely N-dealkylation sites (N-methyl/N-ethyl adjacent to an activating group) is 1. The molecule has 0 bridgehead atoms. The molecule has 44 heavy (non-hydrogen) atoms. The molecule has 0 aromatic heterocycles. The third kappa shape index (κ3) is 8.38. The molecule has 0 radical (unpaired) electrons. The number of hydrogen-bond donors (Lipinski definition) is 2. The minimum Gasteiger partial charge on any atom is -0.384 e. The Bertz CT molecular complexity index is 1510. The van der Waals surface area contributed by atoms with E-state index >= 15 is 0 Å². The molecule has 0 unspecified atom stereocenters. The Morgan fingerprint density at radius 2 is 1.23 bits per heavy atom. The fourth-order valence-electron chi connectivity index (χ4n) is 5.27. The van der Waals surface area contributed by atoms with Gasteiger partial charge in [-0.15, -0.1) is 0 Å². The van der Waals surface area contributed by atoms with Gasteiger partial charge in [0.15, 0.2) is 23.3 Å². The van der Waals surface area contributed by atoms with Crippen molar-refractivity contribution in [2.24, 2.45) is 0 Å². The van der Waals surface area contributed by atoms with E-state index in [-0.39, 0.29) is 6.04 Å². The Kier molecular flexibility index (Phi) is 11.0. The minimum absolute atomic E-state index is 0.127. The van der Waals surface area contributed by atoms with Crippen molar-refractivity contribution in [2.75, 3.05) is 26.2 Å². The largest absolute Gasteiger partial charge is 0.384 e. The van der Waals surface area contributed by atoms with E-state index in [1.807, 2.05) is 24.3 Å². The van der Waals surface area contributed by atoms with E-state index in [2.05, 4.69) is 49.1 Å². The van der Waals surface area contributed by atoms with Crippen LogP contribution in [0, 0.1) is 23.3 Å². The lowest BCUT2D eigenvalue weighted by molar-refractivity contribution is 0.308. The van der Waals surface area contributed by atoms with Crippen molar-refractivity contribution in [3.63, 3.8) is 0 Å². The number of nitrogens with one attached hydrogen (secondary N) is 2. The van der Waals surface area contributed by atoms with Crippen molar-refractivity contribution in [3.05, 3.63) is 143 Å². The van der Waals surface area contributed by atoms with Crippen LogP contribution in [0.1, 0.15) is 48.9 Å². The van der Waals surface area contributed by atoms with Crippen molar-refractivity contribution in [3.8, 4) is 0 Å². The predicted molar refractivity (Wildman–Crippen MR) is 174 cm³/mol. The Labute approximate surface area is 258 Å². The second-order valence-electron chi connectivity index (χ2n) is 10.9. The molecule has 0 saturated heterocycles. The lowest BCUT2D eigenvalue weighted by atomic mass is 9.81. The molecule has 0 amide bonds. The van der Waals surface area contributed by atoms with Gasteiger partial charge in [-0.3, -0.25) is 0 Å². The Hall–Kier alpha value is -4.36. The molecule has 0 heterocycles. The number of nitrogens with zero attached hydrogens (tertiary/aromatic N) is 1. The molecule has 1 fully saturated rings. The average Bonchev–Trinajstić information content (AvgIpc) is 3.01. The summed E-state index contributed by atoms with van der Waals surface area (Å²) < 4.78 is 55.0. The first-order valence-electron chi connectivity index (χ1n) is 14.8. The Morgan fingerprint density at radius 1 is 0.750 bits per heavy atom. The summed E-state index contributed by atoms with van der Waals surface area (Å²) in [6, 6.07) is 15.3. The Morgan fingerprint density at radius 3 is 1.68 bits per heavy atom. The van der Waals surface area contributed by atoms with Gasteiger partial charge in [0.2, 0.25) is 0 Å². The van der Waals surface area contributed by atoms with Gasteiger partial charge in [-0.25, -0.2) is 17.6 Å². The first-order valence-corrected chi connectivity index (χ1v) is 14.8. The van der Waals surface area contributed by atoms with Crippen LogP contribution in [0.4, 0.5) is 17.6 Å². The van der Waals surface area contributed by atoms with E-state index in [1.54, 1.807) is 12.2 Å². The molecular formula is C37H39F4N3. The third-order valence-electron chi connectivity index (χ3n) is 7.90. The highest BCUT2D eigenvalue weighted by Crippen LogP contribution is 2.36. The van der Waals surface area contributed by atoms with E-state index in [9.17, 15) is 17.6 Å². The average molecular weight is 602 g/mol. The van der Waals surface area contributed by atoms with E-state index < -0.39 is 23.3 Å². The molecule has 2 N–H and O–H groups in total. The van der Waals surface area contributed by atoms with Gasteiger partial charge in [0, 0.05) is 30.5 Å². The molecule has 0 spiro atoms. The van der Waals surface area contributed by atoms with Crippen molar-refractivity contribution in [1.29, 1.82) is 0 Å². The van der Waals surface area contributed by atoms with Gasteiger partial charge >= 0.3 is 0 Å². The van der Waals surface area contributed by atoms with Crippen LogP contribution in [0.2, 0.25) is 0 Å². The van der Waals surface area contributed by atoms with Crippen LogP contribution < -0.4 is 10.6 Å². The summed E-state index contributed by atoms with van der Waals surface area (Å²) in [6.07, 6.45) is 4.62. The van der Waals surface area contributed by atoms with E-state index in [0.717, 1.165) is 78.4 Å². The number of rotatable bonds is 12. The molecule has 4 rings (SSSR count). The summed E-state index contributed by atoms with van der Waals surface area (Å²) in [5.74, 6) is -3.72. The molecular weight excluding hydrogens is 562 g/mol.